The summed E-state index contributed by atoms with van der Waals surface area (Å²) >= 11 is 0. The Kier molecular flexibility index (Phi) is 7.88. The molecule has 1 atom stereocenters. The third-order valence-corrected chi connectivity index (χ3v) is 7.95. The quantitative estimate of drug-likeness (QED) is 0.685. The van der Waals surface area contributed by atoms with Gasteiger partial charge in [0, 0.05) is 19.1 Å². The first-order valence-electron chi connectivity index (χ1n) is 10.7. The van der Waals surface area contributed by atoms with E-state index in [4.69, 9.17) is 0 Å². The second-order valence-electron chi connectivity index (χ2n) is 8.04. The molecule has 7 heteroatoms. The molecule has 0 bridgehead atoms. The molecule has 0 radical (unpaired) electrons. The molecule has 2 aliphatic rings. The van der Waals surface area contributed by atoms with Gasteiger partial charge in [-0.05, 0) is 82.4 Å². The zero-order chi connectivity index (χ0) is 20.0. The van der Waals surface area contributed by atoms with Gasteiger partial charge in [-0.2, -0.15) is 4.31 Å². The Morgan fingerprint density at radius 1 is 1.18 bits per heavy atom. The average molecular weight is 410 g/mol. The molecule has 2 heterocycles. The lowest BCUT2D eigenvalue weighted by atomic mass is 10.1. The van der Waals surface area contributed by atoms with E-state index in [1.54, 1.807) is 16.4 Å². The Labute approximate surface area is 170 Å². The zero-order valence-electron chi connectivity index (χ0n) is 17.0. The normalized spacial score (nSPS) is 22.6. The lowest BCUT2D eigenvalue weighted by molar-refractivity contribution is 0.0688. The van der Waals surface area contributed by atoms with Gasteiger partial charge < -0.3 is 15.3 Å². The van der Waals surface area contributed by atoms with Crippen LogP contribution in [-0.2, 0) is 16.4 Å². The number of aryl methyl sites for hydroxylation is 1. The predicted octanol–water partition coefficient (Wildman–Crippen LogP) is 1.84. The number of likely N-dealkylation sites (tertiary alicyclic amines) is 1. The lowest BCUT2D eigenvalue weighted by Crippen LogP contribution is -2.47. The maximum Gasteiger partial charge on any atom is 0.243 e. The van der Waals surface area contributed by atoms with Crippen LogP contribution in [0.1, 0.15) is 44.6 Å². The molecule has 0 aliphatic carbocycles. The molecular weight excluding hydrogens is 374 g/mol. The number of benzene rings is 1. The molecule has 0 aromatic heterocycles. The summed E-state index contributed by atoms with van der Waals surface area (Å²) in [6.07, 6.45) is 5.06. The van der Waals surface area contributed by atoms with Crippen molar-refractivity contribution in [1.29, 1.82) is 0 Å². The first-order chi connectivity index (χ1) is 13.5. The van der Waals surface area contributed by atoms with Crippen molar-refractivity contribution in [1.82, 2.24) is 14.5 Å². The van der Waals surface area contributed by atoms with Crippen molar-refractivity contribution >= 4 is 10.0 Å². The van der Waals surface area contributed by atoms with E-state index in [1.165, 1.54) is 0 Å². The van der Waals surface area contributed by atoms with Crippen LogP contribution in [0.2, 0.25) is 0 Å². The van der Waals surface area contributed by atoms with E-state index >= 15 is 0 Å². The minimum atomic E-state index is -3.50. The molecule has 6 nitrogen and oxygen atoms in total. The first kappa shape index (κ1) is 21.7. The summed E-state index contributed by atoms with van der Waals surface area (Å²) in [4.78, 5) is 2.66. The minimum absolute atomic E-state index is 0.0593. The number of β-amino-alcohol motifs (C(OH)–C–C–N with tert-alkyl or cyclic N) is 1. The van der Waals surface area contributed by atoms with Crippen LogP contribution in [0.5, 0.6) is 0 Å². The van der Waals surface area contributed by atoms with E-state index in [1.807, 2.05) is 12.1 Å². The fraction of sp³-hybridized carbons (Fsp3) is 0.714. The van der Waals surface area contributed by atoms with Crippen LogP contribution in [-0.4, -0.2) is 74.1 Å². The van der Waals surface area contributed by atoms with E-state index in [2.05, 4.69) is 17.1 Å². The fourth-order valence-electron chi connectivity index (χ4n) is 4.31. The van der Waals surface area contributed by atoms with Crippen molar-refractivity contribution in [3.05, 3.63) is 29.8 Å². The van der Waals surface area contributed by atoms with E-state index in [9.17, 15) is 13.5 Å². The van der Waals surface area contributed by atoms with E-state index in [0.717, 1.165) is 70.3 Å². The van der Waals surface area contributed by atoms with Gasteiger partial charge in [0.2, 0.25) is 10.0 Å². The molecule has 3 rings (SSSR count). The number of aliphatic hydroxyl groups excluding tert-OH is 1. The number of nitrogens with zero attached hydrogens (tertiary/aromatic N) is 2. The summed E-state index contributed by atoms with van der Waals surface area (Å²) in [5.74, 6) is 0. The largest absolute Gasteiger partial charge is 0.392 e. The fourth-order valence-corrected chi connectivity index (χ4v) is 6.03. The van der Waals surface area contributed by atoms with Gasteiger partial charge in [-0.3, -0.25) is 0 Å². The predicted molar refractivity (Wildman–Crippen MR) is 112 cm³/mol. The summed E-state index contributed by atoms with van der Waals surface area (Å²) in [5, 5.41) is 13.2. The Bertz CT molecular complexity index is 702. The van der Waals surface area contributed by atoms with Crippen LogP contribution in [0.25, 0.3) is 0 Å². The van der Waals surface area contributed by atoms with Crippen LogP contribution < -0.4 is 5.32 Å². The van der Waals surface area contributed by atoms with Gasteiger partial charge in [0.1, 0.15) is 0 Å². The lowest BCUT2D eigenvalue weighted by Gasteiger charge is -2.35. The standard InChI is InChI=1S/C21H35N3O3S/c1-2-18-6-8-21(9-7-18)28(26,27)24(19-10-12-22-13-11-19)16-4-15-23-14-3-5-20(25)17-23/h6-9,19-20,22,25H,2-5,10-17H2,1H3. The second kappa shape index (κ2) is 10.2. The van der Waals surface area contributed by atoms with Crippen LogP contribution in [0, 0.1) is 0 Å². The summed E-state index contributed by atoms with van der Waals surface area (Å²) in [6, 6.07) is 7.40. The van der Waals surface area contributed by atoms with Gasteiger partial charge in [0.15, 0.2) is 0 Å². The van der Waals surface area contributed by atoms with Crippen molar-refractivity contribution in [2.45, 2.75) is 62.5 Å². The summed E-state index contributed by atoms with van der Waals surface area (Å²) in [6.45, 7) is 6.88. The van der Waals surface area contributed by atoms with Crippen molar-refractivity contribution in [2.24, 2.45) is 0 Å². The Balaban J connectivity index is 1.70. The minimum Gasteiger partial charge on any atom is -0.392 e. The van der Waals surface area contributed by atoms with Gasteiger partial charge in [0.05, 0.1) is 11.0 Å². The van der Waals surface area contributed by atoms with E-state index in [0.29, 0.717) is 18.0 Å². The van der Waals surface area contributed by atoms with Gasteiger partial charge in [-0.25, -0.2) is 8.42 Å². The summed E-state index contributed by atoms with van der Waals surface area (Å²) in [7, 11) is -3.50. The number of nitrogens with one attached hydrogen (secondary N) is 1. The number of hydrogen-bond acceptors (Lipinski definition) is 5. The van der Waals surface area contributed by atoms with Crippen molar-refractivity contribution in [2.75, 3.05) is 39.3 Å². The molecule has 1 unspecified atom stereocenters. The van der Waals surface area contributed by atoms with E-state index in [-0.39, 0.29) is 12.1 Å². The molecule has 2 aliphatic heterocycles. The molecule has 0 amide bonds. The number of aliphatic hydroxyl groups is 1. The second-order valence-corrected chi connectivity index (χ2v) is 9.94. The van der Waals surface area contributed by atoms with Gasteiger partial charge in [-0.1, -0.05) is 19.1 Å². The summed E-state index contributed by atoms with van der Waals surface area (Å²) < 4.78 is 28.6. The number of rotatable bonds is 8. The number of sulfonamides is 1. The number of piperidine rings is 2. The van der Waals surface area contributed by atoms with Gasteiger partial charge in [-0.15, -0.1) is 0 Å². The molecule has 0 spiro atoms. The molecular formula is C21H35N3O3S. The van der Waals surface area contributed by atoms with Crippen molar-refractivity contribution in [3.8, 4) is 0 Å². The third-order valence-electron chi connectivity index (χ3n) is 5.99. The monoisotopic (exact) mass is 409 g/mol. The van der Waals surface area contributed by atoms with E-state index < -0.39 is 10.0 Å². The first-order valence-corrected chi connectivity index (χ1v) is 12.2. The van der Waals surface area contributed by atoms with Crippen molar-refractivity contribution in [3.63, 3.8) is 0 Å². The third kappa shape index (κ3) is 5.54. The maximum atomic E-state index is 13.4. The highest BCUT2D eigenvalue weighted by Crippen LogP contribution is 2.24. The Morgan fingerprint density at radius 3 is 2.54 bits per heavy atom. The maximum absolute atomic E-state index is 13.4. The smallest absolute Gasteiger partial charge is 0.243 e. The molecule has 1 aromatic carbocycles. The highest BCUT2D eigenvalue weighted by atomic mass is 32.2. The van der Waals surface area contributed by atoms with Crippen LogP contribution in [0.3, 0.4) is 0 Å². The van der Waals surface area contributed by atoms with Gasteiger partial charge >= 0.3 is 0 Å². The Morgan fingerprint density at radius 2 is 1.89 bits per heavy atom. The number of hydrogen-bond donors (Lipinski definition) is 2. The zero-order valence-corrected chi connectivity index (χ0v) is 17.8. The average Bonchev–Trinajstić information content (AvgIpc) is 2.72. The van der Waals surface area contributed by atoms with Gasteiger partial charge in [0.25, 0.3) is 0 Å². The van der Waals surface area contributed by atoms with Crippen molar-refractivity contribution < 1.29 is 13.5 Å². The topological polar surface area (TPSA) is 72.9 Å². The SMILES string of the molecule is CCc1ccc(S(=O)(=O)N(CCCN2CCCC(O)C2)C2CCNCC2)cc1. The Hall–Kier alpha value is -0.990. The molecule has 28 heavy (non-hydrogen) atoms. The molecule has 1 aromatic rings. The molecule has 2 saturated heterocycles. The van der Waals surface area contributed by atoms with Crippen LogP contribution >= 0.6 is 0 Å². The summed E-state index contributed by atoms with van der Waals surface area (Å²) in [5.41, 5.74) is 1.15. The molecule has 0 saturated carbocycles. The highest BCUT2D eigenvalue weighted by molar-refractivity contribution is 7.89. The molecule has 2 N–H and O–H groups in total. The molecule has 2 fully saturated rings. The van der Waals surface area contributed by atoms with Crippen LogP contribution in [0.15, 0.2) is 29.2 Å². The highest BCUT2D eigenvalue weighted by Gasteiger charge is 2.32. The molecule has 158 valence electrons. The van der Waals surface area contributed by atoms with Crippen LogP contribution in [0.4, 0.5) is 0 Å².